The lowest BCUT2D eigenvalue weighted by molar-refractivity contribution is -0.121. The Morgan fingerprint density at radius 2 is 1.79 bits per heavy atom. The highest BCUT2D eigenvalue weighted by atomic mass is 32.2. The second-order valence-corrected chi connectivity index (χ2v) is 9.14. The van der Waals surface area contributed by atoms with Crippen molar-refractivity contribution in [2.24, 2.45) is 0 Å². The Bertz CT molecular complexity index is 856. The maximum absolute atomic E-state index is 12.5. The van der Waals surface area contributed by atoms with Crippen LogP contribution >= 0.6 is 11.8 Å². The predicted octanol–water partition coefficient (Wildman–Crippen LogP) is 3.15. The smallest absolute Gasteiger partial charge is 0.243 e. The largest absolute Gasteiger partial charge is 0.494 e. The number of benzene rings is 2. The summed E-state index contributed by atoms with van der Waals surface area (Å²) in [5.74, 6) is 1.01. The van der Waals surface area contributed by atoms with Crippen molar-refractivity contribution in [1.29, 1.82) is 0 Å². The van der Waals surface area contributed by atoms with Crippen molar-refractivity contribution in [3.63, 3.8) is 0 Å². The first kappa shape index (κ1) is 22.1. The zero-order valence-electron chi connectivity index (χ0n) is 16.3. The van der Waals surface area contributed by atoms with Crippen LogP contribution in [0.15, 0.2) is 59.5 Å². The number of hydrogen-bond donors (Lipinski definition) is 1. The minimum atomic E-state index is -3.63. The van der Waals surface area contributed by atoms with Crippen LogP contribution in [-0.4, -0.2) is 45.5 Å². The van der Waals surface area contributed by atoms with E-state index in [1.807, 2.05) is 37.3 Å². The van der Waals surface area contributed by atoms with Crippen LogP contribution in [0.5, 0.6) is 5.75 Å². The number of ether oxygens (including phenoxy) is 1. The van der Waals surface area contributed by atoms with Gasteiger partial charge in [0, 0.05) is 17.2 Å². The van der Waals surface area contributed by atoms with E-state index in [2.05, 4.69) is 5.32 Å². The normalized spacial score (nSPS) is 12.2. The van der Waals surface area contributed by atoms with Crippen LogP contribution in [0.4, 0.5) is 5.69 Å². The number of nitrogens with one attached hydrogen (secondary N) is 1. The molecule has 0 radical (unpaired) electrons. The van der Waals surface area contributed by atoms with Crippen LogP contribution < -0.4 is 14.4 Å². The fourth-order valence-electron chi connectivity index (χ4n) is 2.67. The maximum atomic E-state index is 12.5. The third-order valence-corrected chi connectivity index (χ3v) is 6.16. The molecule has 0 saturated heterocycles. The summed E-state index contributed by atoms with van der Waals surface area (Å²) in [7, 11) is -3.63. The van der Waals surface area contributed by atoms with Gasteiger partial charge in [0.05, 0.1) is 18.6 Å². The summed E-state index contributed by atoms with van der Waals surface area (Å²) in [5.41, 5.74) is 0.423. The Hall–Kier alpha value is -2.19. The molecule has 28 heavy (non-hydrogen) atoms. The molecule has 152 valence electrons. The van der Waals surface area contributed by atoms with Gasteiger partial charge in [0.2, 0.25) is 15.9 Å². The highest BCUT2D eigenvalue weighted by Crippen LogP contribution is 2.24. The van der Waals surface area contributed by atoms with Gasteiger partial charge in [-0.25, -0.2) is 8.42 Å². The lowest BCUT2D eigenvalue weighted by Gasteiger charge is -2.28. The molecule has 1 unspecified atom stereocenters. The quantitative estimate of drug-likeness (QED) is 0.470. The van der Waals surface area contributed by atoms with Gasteiger partial charge < -0.3 is 10.1 Å². The molecule has 8 heteroatoms. The minimum Gasteiger partial charge on any atom is -0.494 e. The second kappa shape index (κ2) is 10.4. The fraction of sp³-hybridized carbons (Fsp3) is 0.350. The number of amides is 1. The molecule has 2 rings (SSSR count). The zero-order chi connectivity index (χ0) is 20.6. The Morgan fingerprint density at radius 3 is 2.36 bits per heavy atom. The number of anilines is 1. The number of rotatable bonds is 10. The number of sulfonamides is 1. The van der Waals surface area contributed by atoms with Crippen LogP contribution in [0.3, 0.4) is 0 Å². The first-order chi connectivity index (χ1) is 13.3. The molecule has 0 aliphatic carbocycles. The summed E-state index contributed by atoms with van der Waals surface area (Å²) in [6, 6.07) is 15.7. The van der Waals surface area contributed by atoms with Crippen LogP contribution in [0.1, 0.15) is 13.8 Å². The van der Waals surface area contributed by atoms with Crippen molar-refractivity contribution in [1.82, 2.24) is 5.32 Å². The van der Waals surface area contributed by atoms with Crippen molar-refractivity contribution in [2.75, 3.05) is 29.5 Å². The van der Waals surface area contributed by atoms with E-state index in [1.54, 1.807) is 43.0 Å². The summed E-state index contributed by atoms with van der Waals surface area (Å²) < 4.78 is 31.1. The van der Waals surface area contributed by atoms with E-state index in [9.17, 15) is 13.2 Å². The van der Waals surface area contributed by atoms with Gasteiger partial charge in [-0.1, -0.05) is 18.2 Å². The van der Waals surface area contributed by atoms with Gasteiger partial charge in [0.15, 0.2) is 0 Å². The van der Waals surface area contributed by atoms with E-state index in [1.165, 1.54) is 0 Å². The fourth-order valence-corrected chi connectivity index (χ4v) is 4.64. The Balaban J connectivity index is 1.99. The molecule has 1 amide bonds. The molecule has 2 aromatic rings. The summed E-state index contributed by atoms with van der Waals surface area (Å²) in [6.07, 6.45) is 1.10. The van der Waals surface area contributed by atoms with Crippen LogP contribution in [-0.2, 0) is 14.8 Å². The van der Waals surface area contributed by atoms with Gasteiger partial charge in [0.1, 0.15) is 11.8 Å². The molecule has 0 saturated carbocycles. The highest BCUT2D eigenvalue weighted by Gasteiger charge is 2.28. The van der Waals surface area contributed by atoms with Crippen molar-refractivity contribution < 1.29 is 17.9 Å². The first-order valence-corrected chi connectivity index (χ1v) is 11.8. The molecular weight excluding hydrogens is 396 g/mol. The van der Waals surface area contributed by atoms with Crippen molar-refractivity contribution in [3.8, 4) is 5.75 Å². The summed E-state index contributed by atoms with van der Waals surface area (Å²) in [6.45, 7) is 4.43. The molecule has 6 nitrogen and oxygen atoms in total. The van der Waals surface area contributed by atoms with E-state index in [0.29, 0.717) is 30.3 Å². The summed E-state index contributed by atoms with van der Waals surface area (Å²) in [4.78, 5) is 13.7. The standard InChI is InChI=1S/C20H26N2O4S2/c1-4-26-18-12-10-17(11-13-18)22(28(3,24)25)16(2)20(23)21-14-15-27-19-8-6-5-7-9-19/h5-13,16H,4,14-15H2,1-3H3,(H,21,23). The van der Waals surface area contributed by atoms with Gasteiger partial charge in [0.25, 0.3) is 0 Å². The molecular formula is C20H26N2O4S2. The van der Waals surface area contributed by atoms with Crippen molar-refractivity contribution in [2.45, 2.75) is 24.8 Å². The topological polar surface area (TPSA) is 75.7 Å². The number of hydrogen-bond acceptors (Lipinski definition) is 5. The molecule has 0 fully saturated rings. The molecule has 0 spiro atoms. The molecule has 1 atom stereocenters. The second-order valence-electron chi connectivity index (χ2n) is 6.11. The molecule has 0 aliphatic rings. The maximum Gasteiger partial charge on any atom is 0.243 e. The average molecular weight is 423 g/mol. The van der Waals surface area contributed by atoms with E-state index in [-0.39, 0.29) is 5.91 Å². The van der Waals surface area contributed by atoms with Crippen LogP contribution in [0, 0.1) is 0 Å². The van der Waals surface area contributed by atoms with Gasteiger partial charge in [-0.05, 0) is 50.2 Å². The number of carbonyl (C=O) groups excluding carboxylic acids is 1. The summed E-state index contributed by atoms with van der Waals surface area (Å²) in [5, 5.41) is 2.82. The van der Waals surface area contributed by atoms with E-state index in [4.69, 9.17) is 4.74 Å². The summed E-state index contributed by atoms with van der Waals surface area (Å²) >= 11 is 1.63. The third-order valence-electron chi connectivity index (χ3n) is 3.90. The molecule has 0 bridgehead atoms. The highest BCUT2D eigenvalue weighted by molar-refractivity contribution is 7.99. The Kier molecular flexibility index (Phi) is 8.19. The van der Waals surface area contributed by atoms with Gasteiger partial charge in [-0.2, -0.15) is 0 Å². The Labute approximate surface area is 171 Å². The monoisotopic (exact) mass is 422 g/mol. The van der Waals surface area contributed by atoms with Gasteiger partial charge >= 0.3 is 0 Å². The lowest BCUT2D eigenvalue weighted by Crippen LogP contribution is -2.48. The minimum absolute atomic E-state index is 0.340. The average Bonchev–Trinajstić information content (AvgIpc) is 2.66. The van der Waals surface area contributed by atoms with Crippen LogP contribution in [0.25, 0.3) is 0 Å². The molecule has 2 aromatic carbocycles. The van der Waals surface area contributed by atoms with Gasteiger partial charge in [-0.15, -0.1) is 11.8 Å². The zero-order valence-corrected chi connectivity index (χ0v) is 17.9. The first-order valence-electron chi connectivity index (χ1n) is 9.00. The van der Waals surface area contributed by atoms with Gasteiger partial charge in [-0.3, -0.25) is 9.10 Å². The van der Waals surface area contributed by atoms with Crippen LogP contribution in [0.2, 0.25) is 0 Å². The molecule has 1 N–H and O–H groups in total. The van der Waals surface area contributed by atoms with Crippen molar-refractivity contribution in [3.05, 3.63) is 54.6 Å². The third kappa shape index (κ3) is 6.45. The SMILES string of the molecule is CCOc1ccc(N(C(C)C(=O)NCCSc2ccccc2)S(C)(=O)=O)cc1. The lowest BCUT2D eigenvalue weighted by atomic mass is 10.2. The number of nitrogens with zero attached hydrogens (tertiary/aromatic N) is 1. The predicted molar refractivity (Wildman–Crippen MR) is 115 cm³/mol. The van der Waals surface area contributed by atoms with E-state index < -0.39 is 16.1 Å². The van der Waals surface area contributed by atoms with E-state index in [0.717, 1.165) is 15.5 Å². The molecule has 0 heterocycles. The molecule has 0 aromatic heterocycles. The molecule has 0 aliphatic heterocycles. The number of carbonyl (C=O) groups is 1. The number of thioether (sulfide) groups is 1. The van der Waals surface area contributed by atoms with Crippen molar-refractivity contribution >= 4 is 33.4 Å². The Morgan fingerprint density at radius 1 is 1.14 bits per heavy atom. The van der Waals surface area contributed by atoms with E-state index >= 15 is 0 Å².